The van der Waals surface area contributed by atoms with Crippen LogP contribution in [0.2, 0.25) is 5.02 Å². The third kappa shape index (κ3) is 2.21. The zero-order valence-electron chi connectivity index (χ0n) is 10.4. The van der Waals surface area contributed by atoms with Crippen LogP contribution in [0.1, 0.15) is 31.0 Å². The predicted molar refractivity (Wildman–Crippen MR) is 73.4 cm³/mol. The van der Waals surface area contributed by atoms with Gasteiger partial charge in [0.2, 0.25) is 0 Å². The number of hydrogen-bond donors (Lipinski definition) is 2. The molecule has 0 aliphatic carbocycles. The molecule has 0 saturated carbocycles. The van der Waals surface area contributed by atoms with Crippen molar-refractivity contribution in [2.24, 2.45) is 5.73 Å². The van der Waals surface area contributed by atoms with Crippen molar-refractivity contribution in [3.05, 3.63) is 50.9 Å². The fourth-order valence-corrected chi connectivity index (χ4v) is 2.15. The molecule has 0 atom stereocenters. The summed E-state index contributed by atoms with van der Waals surface area (Å²) in [5.41, 5.74) is 7.77. The Morgan fingerprint density at radius 3 is 2.67 bits per heavy atom. The molecule has 1 heterocycles. The lowest BCUT2D eigenvalue weighted by molar-refractivity contribution is 0.757. The molecule has 0 aliphatic rings. The van der Waals surface area contributed by atoms with Crippen LogP contribution in [0.3, 0.4) is 0 Å². The Kier molecular flexibility index (Phi) is 3.59. The number of nitrogens with two attached hydrogens (primary N) is 1. The van der Waals surface area contributed by atoms with E-state index in [1.807, 2.05) is 26.0 Å². The van der Waals surface area contributed by atoms with E-state index in [4.69, 9.17) is 17.3 Å². The highest BCUT2D eigenvalue weighted by Gasteiger charge is 2.16. The van der Waals surface area contributed by atoms with Gasteiger partial charge in [-0.15, -0.1) is 0 Å². The smallest absolute Gasteiger partial charge is 0.275 e. The van der Waals surface area contributed by atoms with Crippen LogP contribution < -0.4 is 11.3 Å². The second kappa shape index (κ2) is 5.00. The fraction of sp³-hybridized carbons (Fsp3) is 0.308. The summed E-state index contributed by atoms with van der Waals surface area (Å²) in [4.78, 5) is 12.2. The van der Waals surface area contributed by atoms with Gasteiger partial charge in [-0.25, -0.2) is 4.68 Å². The molecule has 3 N–H and O–H groups in total. The molecule has 18 heavy (non-hydrogen) atoms. The van der Waals surface area contributed by atoms with Gasteiger partial charge in [0.15, 0.2) is 0 Å². The Labute approximate surface area is 110 Å². The molecule has 0 spiro atoms. The molecule has 0 unspecified atom stereocenters. The van der Waals surface area contributed by atoms with Gasteiger partial charge in [0.05, 0.1) is 11.3 Å². The van der Waals surface area contributed by atoms with Gasteiger partial charge in [-0.2, -0.15) is 0 Å². The first-order valence-electron chi connectivity index (χ1n) is 5.84. The molecule has 2 aromatic rings. The van der Waals surface area contributed by atoms with Crippen molar-refractivity contribution in [3.63, 3.8) is 0 Å². The molecule has 1 aromatic heterocycles. The minimum atomic E-state index is -0.108. The number of aromatic amines is 1. The monoisotopic (exact) mass is 265 g/mol. The van der Waals surface area contributed by atoms with E-state index in [1.165, 1.54) is 4.68 Å². The number of rotatable bonds is 3. The molecular weight excluding hydrogens is 250 g/mol. The van der Waals surface area contributed by atoms with E-state index in [0.717, 1.165) is 5.69 Å². The van der Waals surface area contributed by atoms with Crippen molar-refractivity contribution in [3.8, 4) is 5.69 Å². The van der Waals surface area contributed by atoms with E-state index in [9.17, 15) is 4.79 Å². The maximum absolute atomic E-state index is 12.2. The molecule has 0 bridgehead atoms. The molecule has 0 saturated heterocycles. The van der Waals surface area contributed by atoms with Crippen LogP contribution in [0.25, 0.3) is 5.69 Å². The molecule has 0 radical (unpaired) electrons. The Hall–Kier alpha value is -1.52. The van der Waals surface area contributed by atoms with E-state index in [-0.39, 0.29) is 18.0 Å². The zero-order valence-corrected chi connectivity index (χ0v) is 11.2. The predicted octanol–water partition coefficient (Wildman–Crippen LogP) is 2.40. The minimum absolute atomic E-state index is 0.108. The van der Waals surface area contributed by atoms with Gasteiger partial charge < -0.3 is 5.73 Å². The highest BCUT2D eigenvalue weighted by Crippen LogP contribution is 2.17. The van der Waals surface area contributed by atoms with Crippen LogP contribution in [-0.2, 0) is 6.54 Å². The quantitative estimate of drug-likeness (QED) is 0.895. The Bertz CT molecular complexity index is 613. The highest BCUT2D eigenvalue weighted by atomic mass is 35.5. The lowest BCUT2D eigenvalue weighted by Crippen LogP contribution is -2.19. The van der Waals surface area contributed by atoms with Gasteiger partial charge in [-0.05, 0) is 24.1 Å². The summed E-state index contributed by atoms with van der Waals surface area (Å²) in [6.07, 6.45) is 0. The first-order chi connectivity index (χ1) is 8.54. The van der Waals surface area contributed by atoms with Crippen LogP contribution in [0, 0.1) is 0 Å². The normalized spacial score (nSPS) is 11.2. The number of benzene rings is 1. The summed E-state index contributed by atoms with van der Waals surface area (Å²) in [6, 6.07) is 7.15. The van der Waals surface area contributed by atoms with Gasteiger partial charge >= 0.3 is 0 Å². The van der Waals surface area contributed by atoms with Gasteiger partial charge in [-0.1, -0.05) is 31.5 Å². The van der Waals surface area contributed by atoms with E-state index < -0.39 is 0 Å². The van der Waals surface area contributed by atoms with Crippen LogP contribution in [0.4, 0.5) is 0 Å². The Balaban J connectivity index is 2.63. The number of hydrogen-bond acceptors (Lipinski definition) is 2. The maximum Gasteiger partial charge on any atom is 0.275 e. The molecular formula is C13H16ClN3O. The first kappa shape index (κ1) is 12.9. The van der Waals surface area contributed by atoms with Crippen LogP contribution in [0.5, 0.6) is 0 Å². The average Bonchev–Trinajstić information content (AvgIpc) is 2.66. The summed E-state index contributed by atoms with van der Waals surface area (Å²) < 4.78 is 1.49. The molecule has 2 rings (SSSR count). The number of aromatic nitrogens is 2. The minimum Gasteiger partial charge on any atom is -0.326 e. The molecule has 5 heteroatoms. The molecule has 4 nitrogen and oxygen atoms in total. The average molecular weight is 266 g/mol. The number of halogens is 1. The number of nitrogens with one attached hydrogen (secondary N) is 1. The van der Waals surface area contributed by atoms with Crippen molar-refractivity contribution in [2.75, 3.05) is 0 Å². The second-order valence-corrected chi connectivity index (χ2v) is 4.92. The van der Waals surface area contributed by atoms with E-state index in [2.05, 4.69) is 5.10 Å². The van der Waals surface area contributed by atoms with Crippen molar-refractivity contribution in [2.45, 2.75) is 26.3 Å². The molecule has 0 amide bonds. The van der Waals surface area contributed by atoms with E-state index >= 15 is 0 Å². The van der Waals surface area contributed by atoms with Crippen molar-refractivity contribution >= 4 is 11.6 Å². The third-order valence-corrected chi connectivity index (χ3v) is 3.10. The van der Waals surface area contributed by atoms with Crippen molar-refractivity contribution in [1.29, 1.82) is 0 Å². The number of nitrogens with zero attached hydrogens (tertiary/aromatic N) is 1. The van der Waals surface area contributed by atoms with Gasteiger partial charge in [0, 0.05) is 17.3 Å². The lowest BCUT2D eigenvalue weighted by atomic mass is 10.1. The third-order valence-electron chi connectivity index (χ3n) is 2.87. The van der Waals surface area contributed by atoms with E-state index in [1.54, 1.807) is 12.1 Å². The van der Waals surface area contributed by atoms with Gasteiger partial charge in [0.25, 0.3) is 5.56 Å². The Morgan fingerprint density at radius 2 is 2.17 bits per heavy atom. The fourth-order valence-electron chi connectivity index (χ4n) is 1.96. The van der Waals surface area contributed by atoms with Gasteiger partial charge in [0.1, 0.15) is 0 Å². The van der Waals surface area contributed by atoms with Crippen LogP contribution >= 0.6 is 11.6 Å². The summed E-state index contributed by atoms with van der Waals surface area (Å²) in [7, 11) is 0. The molecule has 0 fully saturated rings. The summed E-state index contributed by atoms with van der Waals surface area (Å²) in [5, 5.41) is 3.70. The molecule has 96 valence electrons. The van der Waals surface area contributed by atoms with E-state index in [0.29, 0.717) is 16.3 Å². The topological polar surface area (TPSA) is 63.8 Å². The summed E-state index contributed by atoms with van der Waals surface area (Å²) in [6.45, 7) is 4.27. The largest absolute Gasteiger partial charge is 0.326 e. The van der Waals surface area contributed by atoms with Crippen molar-refractivity contribution in [1.82, 2.24) is 9.78 Å². The number of H-pyrrole nitrogens is 1. The molecule has 1 aromatic carbocycles. The van der Waals surface area contributed by atoms with Crippen molar-refractivity contribution < 1.29 is 0 Å². The summed E-state index contributed by atoms with van der Waals surface area (Å²) in [5.74, 6) is 0.219. The van der Waals surface area contributed by atoms with Gasteiger partial charge in [-0.3, -0.25) is 9.89 Å². The maximum atomic E-state index is 12.2. The van der Waals surface area contributed by atoms with Crippen LogP contribution in [0.15, 0.2) is 29.1 Å². The Morgan fingerprint density at radius 1 is 1.44 bits per heavy atom. The SMILES string of the molecule is CC(C)c1[nH]n(-c2cccc(Cl)c2)c(=O)c1CN. The summed E-state index contributed by atoms with van der Waals surface area (Å²) >= 11 is 5.94. The first-order valence-corrected chi connectivity index (χ1v) is 6.22. The highest BCUT2D eigenvalue weighted by molar-refractivity contribution is 6.30. The second-order valence-electron chi connectivity index (χ2n) is 4.48. The standard InChI is InChI=1S/C13H16ClN3O/c1-8(2)12-11(7-15)13(18)17(16-12)10-5-3-4-9(14)6-10/h3-6,8,16H,7,15H2,1-2H3. The van der Waals surface area contributed by atoms with Crippen LogP contribution in [-0.4, -0.2) is 9.78 Å². The zero-order chi connectivity index (χ0) is 13.3. The molecule has 0 aliphatic heterocycles. The lowest BCUT2D eigenvalue weighted by Gasteiger charge is -2.04.